The van der Waals surface area contributed by atoms with E-state index in [2.05, 4.69) is 36.5 Å². The van der Waals surface area contributed by atoms with Crippen molar-refractivity contribution in [2.45, 2.75) is 12.8 Å². The Labute approximate surface area is 73.0 Å². The largest absolute Gasteiger partial charge is 0.0836 e. The summed E-state index contributed by atoms with van der Waals surface area (Å²) in [6.45, 7) is 0. The lowest BCUT2D eigenvalue weighted by Gasteiger charge is -2.24. The van der Waals surface area contributed by atoms with Gasteiger partial charge in [-0.25, -0.2) is 0 Å². The van der Waals surface area contributed by atoms with Gasteiger partial charge in [0.05, 0.1) is 0 Å². The first-order valence-electron chi connectivity index (χ1n) is 4.70. The Hall–Kier alpha value is -1.04. The summed E-state index contributed by atoms with van der Waals surface area (Å²) in [6.07, 6.45) is 16.3. The number of fused-ring (bicyclic) bond motifs is 3. The lowest BCUT2D eigenvalue weighted by atomic mass is 9.79. The number of rotatable bonds is 0. The van der Waals surface area contributed by atoms with Crippen molar-refractivity contribution < 1.29 is 0 Å². The van der Waals surface area contributed by atoms with Gasteiger partial charge in [0.2, 0.25) is 0 Å². The minimum Gasteiger partial charge on any atom is -0.0836 e. The number of hydrogen-bond donors (Lipinski definition) is 0. The van der Waals surface area contributed by atoms with Crippen molar-refractivity contribution in [2.24, 2.45) is 11.8 Å². The monoisotopic (exact) mass is 156 g/mol. The molecule has 12 heavy (non-hydrogen) atoms. The van der Waals surface area contributed by atoms with E-state index in [-0.39, 0.29) is 0 Å². The van der Waals surface area contributed by atoms with Crippen LogP contribution in [-0.4, -0.2) is 0 Å². The summed E-state index contributed by atoms with van der Waals surface area (Å²) in [5.74, 6) is 1.61. The van der Waals surface area contributed by atoms with Gasteiger partial charge in [-0.3, -0.25) is 0 Å². The SMILES string of the molecule is C1=CC2=CC=C3C=CCC3C2C1. The molecule has 60 valence electrons. The van der Waals surface area contributed by atoms with Crippen LogP contribution in [0.3, 0.4) is 0 Å². The summed E-state index contributed by atoms with van der Waals surface area (Å²) in [5.41, 5.74) is 3.10. The molecule has 0 saturated heterocycles. The van der Waals surface area contributed by atoms with Gasteiger partial charge in [0.15, 0.2) is 0 Å². The molecule has 0 bridgehead atoms. The standard InChI is InChI=1S/C12H12/c1-3-9-7-8-10-4-2-6-12(10)11(9)5-1/h1-4,7-8,11-12H,5-6H2. The third-order valence-corrected chi connectivity index (χ3v) is 3.21. The Morgan fingerprint density at radius 2 is 1.33 bits per heavy atom. The lowest BCUT2D eigenvalue weighted by molar-refractivity contribution is 0.471. The van der Waals surface area contributed by atoms with Crippen molar-refractivity contribution in [1.82, 2.24) is 0 Å². The highest BCUT2D eigenvalue weighted by Gasteiger charge is 2.31. The van der Waals surface area contributed by atoms with Gasteiger partial charge in [0.25, 0.3) is 0 Å². The molecule has 0 aromatic rings. The molecule has 3 aliphatic rings. The average molecular weight is 156 g/mol. The highest BCUT2D eigenvalue weighted by molar-refractivity contribution is 5.44. The van der Waals surface area contributed by atoms with Crippen LogP contribution in [0.15, 0.2) is 47.6 Å². The third-order valence-electron chi connectivity index (χ3n) is 3.21. The summed E-state index contributed by atoms with van der Waals surface area (Å²) in [5, 5.41) is 0. The van der Waals surface area contributed by atoms with Crippen molar-refractivity contribution in [3.63, 3.8) is 0 Å². The van der Waals surface area contributed by atoms with Gasteiger partial charge in [0.1, 0.15) is 0 Å². The van der Waals surface area contributed by atoms with Gasteiger partial charge in [-0.1, -0.05) is 36.5 Å². The van der Waals surface area contributed by atoms with Crippen LogP contribution in [-0.2, 0) is 0 Å². The fraction of sp³-hybridized carbons (Fsp3) is 0.333. The van der Waals surface area contributed by atoms with E-state index in [4.69, 9.17) is 0 Å². The van der Waals surface area contributed by atoms with E-state index in [0.29, 0.717) is 0 Å². The molecular formula is C12H12. The first-order chi connectivity index (χ1) is 5.95. The Morgan fingerprint density at radius 1 is 0.833 bits per heavy atom. The second kappa shape index (κ2) is 2.22. The smallest absolute Gasteiger partial charge is 0.00556 e. The van der Waals surface area contributed by atoms with Crippen molar-refractivity contribution in [1.29, 1.82) is 0 Å². The molecule has 3 aliphatic carbocycles. The van der Waals surface area contributed by atoms with E-state index >= 15 is 0 Å². The van der Waals surface area contributed by atoms with Gasteiger partial charge in [-0.05, 0) is 35.8 Å². The molecule has 0 radical (unpaired) electrons. The quantitative estimate of drug-likeness (QED) is 0.505. The third kappa shape index (κ3) is 0.726. The maximum atomic E-state index is 2.31. The molecule has 0 aliphatic heterocycles. The molecule has 0 heteroatoms. The molecule has 2 atom stereocenters. The summed E-state index contributed by atoms with van der Waals surface area (Å²) in [7, 11) is 0. The normalized spacial score (nSPS) is 36.0. The van der Waals surface area contributed by atoms with Gasteiger partial charge < -0.3 is 0 Å². The molecule has 0 fully saturated rings. The van der Waals surface area contributed by atoms with E-state index in [1.54, 1.807) is 11.1 Å². The molecule has 2 unspecified atom stereocenters. The van der Waals surface area contributed by atoms with Gasteiger partial charge >= 0.3 is 0 Å². The zero-order valence-corrected chi connectivity index (χ0v) is 7.03. The van der Waals surface area contributed by atoms with Crippen LogP contribution in [0.1, 0.15) is 12.8 Å². The lowest BCUT2D eigenvalue weighted by Crippen LogP contribution is -2.14. The van der Waals surface area contributed by atoms with E-state index in [9.17, 15) is 0 Å². The Kier molecular flexibility index (Phi) is 1.20. The molecule has 0 spiro atoms. The molecular weight excluding hydrogens is 144 g/mol. The van der Waals surface area contributed by atoms with E-state index in [0.717, 1.165) is 11.8 Å². The molecule has 0 aromatic heterocycles. The first-order valence-corrected chi connectivity index (χ1v) is 4.70. The molecule has 0 heterocycles. The zero-order chi connectivity index (χ0) is 7.97. The highest BCUT2D eigenvalue weighted by Crippen LogP contribution is 2.43. The van der Waals surface area contributed by atoms with Crippen LogP contribution in [0, 0.1) is 11.8 Å². The van der Waals surface area contributed by atoms with E-state index in [1.165, 1.54) is 12.8 Å². The summed E-state index contributed by atoms with van der Waals surface area (Å²) in [4.78, 5) is 0. The summed E-state index contributed by atoms with van der Waals surface area (Å²) >= 11 is 0. The van der Waals surface area contributed by atoms with Crippen LogP contribution >= 0.6 is 0 Å². The molecule has 0 nitrogen and oxygen atoms in total. The number of hydrogen-bond acceptors (Lipinski definition) is 0. The van der Waals surface area contributed by atoms with Gasteiger partial charge in [-0.2, -0.15) is 0 Å². The zero-order valence-electron chi connectivity index (χ0n) is 7.03. The Morgan fingerprint density at radius 3 is 1.83 bits per heavy atom. The minimum absolute atomic E-state index is 0.806. The maximum Gasteiger partial charge on any atom is -0.00556 e. The summed E-state index contributed by atoms with van der Waals surface area (Å²) < 4.78 is 0. The predicted molar refractivity (Wildman–Crippen MR) is 50.7 cm³/mol. The van der Waals surface area contributed by atoms with Crippen LogP contribution in [0.5, 0.6) is 0 Å². The van der Waals surface area contributed by atoms with Crippen LogP contribution in [0.2, 0.25) is 0 Å². The van der Waals surface area contributed by atoms with Crippen LogP contribution < -0.4 is 0 Å². The summed E-state index contributed by atoms with van der Waals surface area (Å²) in [6, 6.07) is 0. The van der Waals surface area contributed by atoms with Crippen molar-refractivity contribution >= 4 is 0 Å². The second-order valence-electron chi connectivity index (χ2n) is 3.82. The molecule has 0 aromatic carbocycles. The predicted octanol–water partition coefficient (Wildman–Crippen LogP) is 3.01. The van der Waals surface area contributed by atoms with E-state index in [1.807, 2.05) is 0 Å². The highest BCUT2D eigenvalue weighted by atomic mass is 14.3. The first kappa shape index (κ1) is 6.47. The van der Waals surface area contributed by atoms with E-state index < -0.39 is 0 Å². The van der Waals surface area contributed by atoms with Gasteiger partial charge in [-0.15, -0.1) is 0 Å². The fourth-order valence-corrected chi connectivity index (χ4v) is 2.56. The van der Waals surface area contributed by atoms with Crippen molar-refractivity contribution in [2.75, 3.05) is 0 Å². The Bertz CT molecular complexity index is 292. The van der Waals surface area contributed by atoms with Crippen LogP contribution in [0.4, 0.5) is 0 Å². The maximum absolute atomic E-state index is 2.31. The van der Waals surface area contributed by atoms with Crippen molar-refractivity contribution in [3.05, 3.63) is 47.6 Å². The number of allylic oxidation sites excluding steroid dienone is 8. The minimum atomic E-state index is 0.806. The molecule has 0 saturated carbocycles. The second-order valence-corrected chi connectivity index (χ2v) is 3.82. The average Bonchev–Trinajstić information content (AvgIpc) is 2.71. The topological polar surface area (TPSA) is 0 Å². The fourth-order valence-electron chi connectivity index (χ4n) is 2.56. The molecule has 0 amide bonds. The Balaban J connectivity index is 2.05. The molecule has 3 rings (SSSR count). The molecule has 0 N–H and O–H groups in total. The van der Waals surface area contributed by atoms with Gasteiger partial charge in [0, 0.05) is 0 Å². The van der Waals surface area contributed by atoms with Crippen molar-refractivity contribution in [3.8, 4) is 0 Å². The van der Waals surface area contributed by atoms with Crippen LogP contribution in [0.25, 0.3) is 0 Å².